The van der Waals surface area contributed by atoms with Crippen molar-refractivity contribution in [1.29, 1.82) is 0 Å². The molecule has 2 aromatic rings. The number of aliphatic imine (C=N–C) groups is 1. The Balaban J connectivity index is 1.79. The highest BCUT2D eigenvalue weighted by atomic mass is 32.2. The van der Waals surface area contributed by atoms with Gasteiger partial charge in [0.25, 0.3) is 0 Å². The van der Waals surface area contributed by atoms with Gasteiger partial charge >= 0.3 is 0 Å². The maximum absolute atomic E-state index is 4.57. The summed E-state index contributed by atoms with van der Waals surface area (Å²) in [6.07, 6.45) is 7.06. The van der Waals surface area contributed by atoms with Crippen LogP contribution in [0.4, 0.5) is 0 Å². The van der Waals surface area contributed by atoms with Crippen LogP contribution in [-0.4, -0.2) is 47.5 Å². The first-order valence-corrected chi connectivity index (χ1v) is 8.09. The highest BCUT2D eigenvalue weighted by molar-refractivity contribution is 7.98. The molecule has 2 N–H and O–H groups in total. The van der Waals surface area contributed by atoms with Crippen LogP contribution in [0.1, 0.15) is 5.69 Å². The molecule has 20 heavy (non-hydrogen) atoms. The molecule has 2 aromatic heterocycles. The maximum atomic E-state index is 4.57. The summed E-state index contributed by atoms with van der Waals surface area (Å²) < 4.78 is 2.04. The second kappa shape index (κ2) is 7.79. The Hall–Kier alpha value is -1.69. The van der Waals surface area contributed by atoms with Gasteiger partial charge in [0.2, 0.25) is 0 Å². The molecule has 0 aliphatic heterocycles. The van der Waals surface area contributed by atoms with Gasteiger partial charge in [-0.1, -0.05) is 6.07 Å². The van der Waals surface area contributed by atoms with Gasteiger partial charge in [-0.25, -0.2) is 4.98 Å². The topological polar surface area (TPSA) is 53.7 Å². The average molecular weight is 291 g/mol. The molecule has 0 bridgehead atoms. The minimum Gasteiger partial charge on any atom is -0.356 e. The number of guanidine groups is 1. The van der Waals surface area contributed by atoms with Crippen molar-refractivity contribution < 1.29 is 0 Å². The van der Waals surface area contributed by atoms with E-state index in [0.29, 0.717) is 0 Å². The number of hydrogen-bond acceptors (Lipinski definition) is 3. The molecule has 2 heterocycles. The van der Waals surface area contributed by atoms with E-state index >= 15 is 0 Å². The van der Waals surface area contributed by atoms with Gasteiger partial charge in [-0.3, -0.25) is 4.99 Å². The van der Waals surface area contributed by atoms with Crippen LogP contribution in [-0.2, 0) is 6.42 Å². The number of rotatable bonds is 6. The van der Waals surface area contributed by atoms with E-state index in [4.69, 9.17) is 0 Å². The lowest BCUT2D eigenvalue weighted by Crippen LogP contribution is -2.39. The van der Waals surface area contributed by atoms with Crippen LogP contribution in [0.25, 0.3) is 5.65 Å². The van der Waals surface area contributed by atoms with Crippen molar-refractivity contribution in [2.24, 2.45) is 4.99 Å². The monoisotopic (exact) mass is 291 g/mol. The first-order chi connectivity index (χ1) is 9.83. The Bertz CT molecular complexity index is 530. The van der Waals surface area contributed by atoms with Crippen molar-refractivity contribution in [2.75, 3.05) is 32.1 Å². The summed E-state index contributed by atoms with van der Waals surface area (Å²) in [6.45, 7) is 1.75. The van der Waals surface area contributed by atoms with E-state index in [1.165, 1.54) is 0 Å². The largest absolute Gasteiger partial charge is 0.356 e. The molecule has 5 nitrogen and oxygen atoms in total. The molecule has 0 spiro atoms. The van der Waals surface area contributed by atoms with Crippen LogP contribution < -0.4 is 10.6 Å². The van der Waals surface area contributed by atoms with E-state index in [-0.39, 0.29) is 0 Å². The fraction of sp³-hybridized carbons (Fsp3) is 0.429. The number of pyridine rings is 1. The normalized spacial score (nSPS) is 11.8. The first kappa shape index (κ1) is 14.7. The zero-order valence-electron chi connectivity index (χ0n) is 12.0. The summed E-state index contributed by atoms with van der Waals surface area (Å²) in [6, 6.07) is 6.02. The minimum atomic E-state index is 0.822. The molecule has 0 saturated carbocycles. The molecular formula is C14H21N5S. The molecule has 6 heteroatoms. The Kier molecular flexibility index (Phi) is 5.73. The van der Waals surface area contributed by atoms with Gasteiger partial charge in [0.05, 0.1) is 5.69 Å². The van der Waals surface area contributed by atoms with E-state index in [1.54, 1.807) is 7.05 Å². The second-order valence-corrected chi connectivity index (χ2v) is 5.35. The molecule has 0 aliphatic rings. The van der Waals surface area contributed by atoms with E-state index in [9.17, 15) is 0 Å². The molecule has 108 valence electrons. The molecule has 0 fully saturated rings. The summed E-state index contributed by atoms with van der Waals surface area (Å²) >= 11 is 1.82. The van der Waals surface area contributed by atoms with Crippen LogP contribution in [0.2, 0.25) is 0 Å². The molecule has 0 amide bonds. The third-order valence-electron chi connectivity index (χ3n) is 2.91. The number of hydrogen-bond donors (Lipinski definition) is 2. The fourth-order valence-electron chi connectivity index (χ4n) is 1.91. The molecule has 2 rings (SSSR count). The van der Waals surface area contributed by atoms with Gasteiger partial charge in [0, 0.05) is 44.7 Å². The number of nitrogens with zero attached hydrogens (tertiary/aromatic N) is 3. The summed E-state index contributed by atoms with van der Waals surface area (Å²) in [4.78, 5) is 8.76. The fourth-order valence-corrected chi connectivity index (χ4v) is 2.21. The maximum Gasteiger partial charge on any atom is 0.191 e. The van der Waals surface area contributed by atoms with Crippen LogP contribution in [0.3, 0.4) is 0 Å². The predicted molar refractivity (Wildman–Crippen MR) is 86.6 cm³/mol. The van der Waals surface area contributed by atoms with Crippen molar-refractivity contribution in [3.8, 4) is 0 Å². The van der Waals surface area contributed by atoms with E-state index in [1.807, 2.05) is 40.6 Å². The Morgan fingerprint density at radius 1 is 1.35 bits per heavy atom. The molecule has 0 unspecified atom stereocenters. The Morgan fingerprint density at radius 2 is 2.20 bits per heavy atom. The minimum absolute atomic E-state index is 0.822. The summed E-state index contributed by atoms with van der Waals surface area (Å²) in [7, 11) is 1.79. The highest BCUT2D eigenvalue weighted by Crippen LogP contribution is 2.04. The van der Waals surface area contributed by atoms with Gasteiger partial charge in [-0.15, -0.1) is 0 Å². The molecule has 0 atom stereocenters. The van der Waals surface area contributed by atoms with Crippen molar-refractivity contribution in [3.63, 3.8) is 0 Å². The third-order valence-corrected chi connectivity index (χ3v) is 3.52. The Labute approximate surface area is 123 Å². The zero-order valence-corrected chi connectivity index (χ0v) is 12.8. The van der Waals surface area contributed by atoms with Crippen molar-refractivity contribution >= 4 is 23.4 Å². The lowest BCUT2D eigenvalue weighted by atomic mass is 10.3. The van der Waals surface area contributed by atoms with Gasteiger partial charge in [0.1, 0.15) is 5.65 Å². The van der Waals surface area contributed by atoms with Gasteiger partial charge in [0.15, 0.2) is 5.96 Å². The number of fused-ring (bicyclic) bond motifs is 1. The van der Waals surface area contributed by atoms with E-state index in [2.05, 4.69) is 33.1 Å². The van der Waals surface area contributed by atoms with Crippen LogP contribution in [0, 0.1) is 0 Å². The third kappa shape index (κ3) is 4.16. The first-order valence-electron chi connectivity index (χ1n) is 6.69. The molecular weight excluding hydrogens is 270 g/mol. The van der Waals surface area contributed by atoms with Gasteiger partial charge in [-0.05, 0) is 18.4 Å². The van der Waals surface area contributed by atoms with Gasteiger partial charge in [-0.2, -0.15) is 11.8 Å². The molecule has 0 saturated heterocycles. The lowest BCUT2D eigenvalue weighted by molar-refractivity contribution is 0.802. The van der Waals surface area contributed by atoms with Crippen LogP contribution in [0.15, 0.2) is 35.6 Å². The van der Waals surface area contributed by atoms with Crippen molar-refractivity contribution in [2.45, 2.75) is 6.42 Å². The molecule has 0 radical (unpaired) electrons. The SMILES string of the molecule is CN=C(NCCSC)NCCc1cn2ccccc2n1. The summed E-state index contributed by atoms with van der Waals surface area (Å²) in [5.74, 6) is 1.93. The summed E-state index contributed by atoms with van der Waals surface area (Å²) in [5, 5.41) is 6.58. The number of thioether (sulfide) groups is 1. The molecule has 0 aliphatic carbocycles. The predicted octanol–water partition coefficient (Wildman–Crippen LogP) is 1.40. The highest BCUT2D eigenvalue weighted by Gasteiger charge is 2.01. The lowest BCUT2D eigenvalue weighted by Gasteiger charge is -2.10. The number of nitrogens with one attached hydrogen (secondary N) is 2. The van der Waals surface area contributed by atoms with Crippen LogP contribution in [0.5, 0.6) is 0 Å². The Morgan fingerprint density at radius 3 is 2.95 bits per heavy atom. The summed E-state index contributed by atoms with van der Waals surface area (Å²) in [5.41, 5.74) is 2.08. The van der Waals surface area contributed by atoms with E-state index < -0.39 is 0 Å². The smallest absolute Gasteiger partial charge is 0.191 e. The van der Waals surface area contributed by atoms with Gasteiger partial charge < -0.3 is 15.0 Å². The van der Waals surface area contributed by atoms with E-state index in [0.717, 1.165) is 42.6 Å². The average Bonchev–Trinajstić information content (AvgIpc) is 2.88. The second-order valence-electron chi connectivity index (χ2n) is 4.37. The quantitative estimate of drug-likeness (QED) is 0.480. The van der Waals surface area contributed by atoms with Crippen molar-refractivity contribution in [3.05, 3.63) is 36.3 Å². The number of aromatic nitrogens is 2. The zero-order chi connectivity index (χ0) is 14.2. The van der Waals surface area contributed by atoms with Crippen molar-refractivity contribution in [1.82, 2.24) is 20.0 Å². The molecule has 0 aromatic carbocycles. The number of imidazole rings is 1. The van der Waals surface area contributed by atoms with Crippen LogP contribution >= 0.6 is 11.8 Å². The standard InChI is InChI=1S/C14H21N5S/c1-15-14(17-8-10-20-2)16-7-6-12-11-19-9-4-3-5-13(19)18-12/h3-5,9,11H,6-8,10H2,1-2H3,(H2,15,16,17).